The van der Waals surface area contributed by atoms with Gasteiger partial charge in [0.1, 0.15) is 5.15 Å². The van der Waals surface area contributed by atoms with Crippen LogP contribution in [0.1, 0.15) is 11.4 Å². The molecule has 3 nitrogen and oxygen atoms in total. The molecular weight excluding hydrogens is 270 g/mol. The van der Waals surface area contributed by atoms with Crippen LogP contribution in [0.3, 0.4) is 0 Å². The number of hydrogen-bond acceptors (Lipinski definition) is 2. The van der Waals surface area contributed by atoms with E-state index in [0.717, 1.165) is 28.3 Å². The Bertz CT molecular complexity index is 748. The fourth-order valence-electron chi connectivity index (χ4n) is 2.25. The first-order valence-electron chi connectivity index (χ1n) is 6.40. The second-order valence-electron chi connectivity index (χ2n) is 4.74. The zero-order valence-corrected chi connectivity index (χ0v) is 12.1. The fourth-order valence-corrected chi connectivity index (χ4v) is 2.46. The summed E-state index contributed by atoms with van der Waals surface area (Å²) in [6.07, 6.45) is 0. The van der Waals surface area contributed by atoms with Crippen LogP contribution < -0.4 is 0 Å². The van der Waals surface area contributed by atoms with Crippen LogP contribution >= 0.6 is 11.6 Å². The van der Waals surface area contributed by atoms with Crippen molar-refractivity contribution in [2.45, 2.75) is 13.8 Å². The molecule has 0 saturated heterocycles. The topological polar surface area (TPSA) is 30.7 Å². The van der Waals surface area contributed by atoms with Gasteiger partial charge in [0.15, 0.2) is 0 Å². The van der Waals surface area contributed by atoms with Crippen LogP contribution in [-0.4, -0.2) is 14.8 Å². The molecule has 0 atom stereocenters. The molecule has 0 aliphatic heterocycles. The normalized spacial score (nSPS) is 10.8. The molecule has 2 aromatic heterocycles. The second kappa shape index (κ2) is 5.10. The summed E-state index contributed by atoms with van der Waals surface area (Å²) in [7, 11) is 0. The monoisotopic (exact) mass is 283 g/mol. The number of aromatic nitrogens is 3. The highest BCUT2D eigenvalue weighted by molar-refractivity contribution is 6.29. The third kappa shape index (κ3) is 2.45. The zero-order chi connectivity index (χ0) is 14.1. The molecule has 100 valence electrons. The molecule has 0 saturated carbocycles. The summed E-state index contributed by atoms with van der Waals surface area (Å²) in [6, 6.07) is 15.9. The Hall–Kier alpha value is -2.13. The van der Waals surface area contributed by atoms with Crippen LogP contribution in [0, 0.1) is 13.8 Å². The molecule has 0 spiro atoms. The summed E-state index contributed by atoms with van der Waals surface area (Å²) in [6.45, 7) is 4.00. The van der Waals surface area contributed by atoms with Crippen LogP contribution in [0.5, 0.6) is 0 Å². The predicted octanol–water partition coefficient (Wildman–Crippen LogP) is 4.20. The van der Waals surface area contributed by atoms with Crippen molar-refractivity contribution in [1.82, 2.24) is 14.8 Å². The fraction of sp³-hybridized carbons (Fsp3) is 0.125. The third-order valence-electron chi connectivity index (χ3n) is 3.10. The average molecular weight is 284 g/mol. The summed E-state index contributed by atoms with van der Waals surface area (Å²) in [5, 5.41) is 4.95. The van der Waals surface area contributed by atoms with E-state index in [-0.39, 0.29) is 0 Å². The molecule has 0 bridgehead atoms. The number of pyridine rings is 1. The van der Waals surface area contributed by atoms with Crippen molar-refractivity contribution in [2.24, 2.45) is 0 Å². The van der Waals surface area contributed by atoms with Crippen LogP contribution in [-0.2, 0) is 0 Å². The maximum Gasteiger partial charge on any atom is 0.131 e. The van der Waals surface area contributed by atoms with E-state index in [9.17, 15) is 0 Å². The first kappa shape index (κ1) is 12.9. The van der Waals surface area contributed by atoms with E-state index in [4.69, 9.17) is 11.6 Å². The lowest BCUT2D eigenvalue weighted by atomic mass is 10.1. The van der Waals surface area contributed by atoms with Crippen molar-refractivity contribution in [1.29, 1.82) is 0 Å². The van der Waals surface area contributed by atoms with Gasteiger partial charge in [-0.05, 0) is 26.0 Å². The van der Waals surface area contributed by atoms with Gasteiger partial charge in [0.2, 0.25) is 0 Å². The van der Waals surface area contributed by atoms with Crippen molar-refractivity contribution in [3.05, 3.63) is 65.1 Å². The van der Waals surface area contributed by atoms with Crippen LogP contribution in [0.25, 0.3) is 16.9 Å². The number of benzene rings is 1. The Balaban J connectivity index is 2.14. The van der Waals surface area contributed by atoms with E-state index < -0.39 is 0 Å². The van der Waals surface area contributed by atoms with Crippen LogP contribution in [0.4, 0.5) is 0 Å². The van der Waals surface area contributed by atoms with Gasteiger partial charge in [-0.25, -0.2) is 9.67 Å². The molecule has 20 heavy (non-hydrogen) atoms. The van der Waals surface area contributed by atoms with Crippen molar-refractivity contribution >= 4 is 11.6 Å². The number of hydrogen-bond donors (Lipinski definition) is 0. The Morgan fingerprint density at radius 3 is 2.40 bits per heavy atom. The highest BCUT2D eigenvalue weighted by Crippen LogP contribution is 2.23. The Morgan fingerprint density at radius 1 is 1.00 bits per heavy atom. The quantitative estimate of drug-likeness (QED) is 0.660. The molecule has 4 heteroatoms. The van der Waals surface area contributed by atoms with Crippen molar-refractivity contribution in [2.75, 3.05) is 0 Å². The SMILES string of the molecule is Cc1cc(C)n(-c2cc(Cl)nc(-c3ccccc3)c2)n1. The first-order valence-corrected chi connectivity index (χ1v) is 6.78. The van der Waals surface area contributed by atoms with E-state index in [2.05, 4.69) is 10.1 Å². The molecule has 1 aromatic carbocycles. The maximum atomic E-state index is 6.16. The van der Waals surface area contributed by atoms with E-state index in [1.165, 1.54) is 0 Å². The molecule has 0 amide bonds. The summed E-state index contributed by atoms with van der Waals surface area (Å²) in [5.41, 5.74) is 4.87. The number of aryl methyl sites for hydroxylation is 2. The Morgan fingerprint density at radius 2 is 1.75 bits per heavy atom. The molecule has 0 unspecified atom stereocenters. The summed E-state index contributed by atoms with van der Waals surface area (Å²) >= 11 is 6.16. The molecule has 3 aromatic rings. The van der Waals surface area contributed by atoms with Gasteiger partial charge >= 0.3 is 0 Å². The van der Waals surface area contributed by atoms with Gasteiger partial charge in [-0.1, -0.05) is 41.9 Å². The minimum absolute atomic E-state index is 0.467. The van der Waals surface area contributed by atoms with Crippen molar-refractivity contribution < 1.29 is 0 Å². The first-order chi connectivity index (χ1) is 9.63. The Labute approximate surface area is 122 Å². The van der Waals surface area contributed by atoms with Gasteiger partial charge in [0, 0.05) is 17.3 Å². The van der Waals surface area contributed by atoms with E-state index >= 15 is 0 Å². The van der Waals surface area contributed by atoms with Gasteiger partial charge in [0.25, 0.3) is 0 Å². The molecule has 0 aliphatic rings. The minimum atomic E-state index is 0.467. The smallest absolute Gasteiger partial charge is 0.131 e. The van der Waals surface area contributed by atoms with Gasteiger partial charge in [-0.3, -0.25) is 0 Å². The van der Waals surface area contributed by atoms with Crippen LogP contribution in [0.2, 0.25) is 5.15 Å². The maximum absolute atomic E-state index is 6.16. The standard InChI is InChI=1S/C16H14ClN3/c1-11-8-12(2)20(19-11)14-9-15(18-16(17)10-14)13-6-4-3-5-7-13/h3-10H,1-2H3. The van der Waals surface area contributed by atoms with Gasteiger partial charge in [0.05, 0.1) is 17.1 Å². The highest BCUT2D eigenvalue weighted by atomic mass is 35.5. The van der Waals surface area contributed by atoms with Gasteiger partial charge in [-0.15, -0.1) is 0 Å². The van der Waals surface area contributed by atoms with Crippen LogP contribution in [0.15, 0.2) is 48.5 Å². The van der Waals surface area contributed by atoms with Crippen molar-refractivity contribution in [3.8, 4) is 16.9 Å². The van der Waals surface area contributed by atoms with E-state index in [0.29, 0.717) is 5.15 Å². The molecule has 3 rings (SSSR count). The largest absolute Gasteiger partial charge is 0.238 e. The predicted molar refractivity (Wildman–Crippen MR) is 81.3 cm³/mol. The molecule has 0 fully saturated rings. The lowest BCUT2D eigenvalue weighted by molar-refractivity contribution is 0.832. The zero-order valence-electron chi connectivity index (χ0n) is 11.3. The second-order valence-corrected chi connectivity index (χ2v) is 5.13. The van der Waals surface area contributed by atoms with E-state index in [1.807, 2.05) is 67.1 Å². The van der Waals surface area contributed by atoms with E-state index in [1.54, 1.807) is 0 Å². The van der Waals surface area contributed by atoms with Gasteiger partial charge < -0.3 is 0 Å². The molecule has 0 aliphatic carbocycles. The highest BCUT2D eigenvalue weighted by Gasteiger charge is 2.08. The number of nitrogens with zero attached hydrogens (tertiary/aromatic N) is 3. The third-order valence-corrected chi connectivity index (χ3v) is 3.30. The summed E-state index contributed by atoms with van der Waals surface area (Å²) < 4.78 is 1.88. The average Bonchev–Trinajstić information content (AvgIpc) is 2.78. The number of halogens is 1. The molecular formula is C16H14ClN3. The lowest BCUT2D eigenvalue weighted by Crippen LogP contribution is -2.00. The minimum Gasteiger partial charge on any atom is -0.238 e. The summed E-state index contributed by atoms with van der Waals surface area (Å²) in [4.78, 5) is 4.39. The summed E-state index contributed by atoms with van der Waals surface area (Å²) in [5.74, 6) is 0. The lowest BCUT2D eigenvalue weighted by Gasteiger charge is -2.08. The van der Waals surface area contributed by atoms with Gasteiger partial charge in [-0.2, -0.15) is 5.10 Å². The molecule has 2 heterocycles. The Kier molecular flexibility index (Phi) is 3.28. The number of rotatable bonds is 2. The molecule has 0 N–H and O–H groups in total. The van der Waals surface area contributed by atoms with Crippen molar-refractivity contribution in [3.63, 3.8) is 0 Å². The molecule has 0 radical (unpaired) electrons.